The second kappa shape index (κ2) is 3.03. The number of nitrogens with zero attached hydrogens (tertiary/aromatic N) is 3. The summed E-state index contributed by atoms with van der Waals surface area (Å²) in [6.07, 6.45) is 6.19. The van der Waals surface area contributed by atoms with Crippen LogP contribution in [0, 0.1) is 0 Å². The van der Waals surface area contributed by atoms with Gasteiger partial charge in [-0.2, -0.15) is 0 Å². The summed E-state index contributed by atoms with van der Waals surface area (Å²) in [6.45, 7) is 0. The number of hydrogen-bond acceptors (Lipinski definition) is 3. The highest BCUT2D eigenvalue weighted by Gasteiger charge is 2.37. The van der Waals surface area contributed by atoms with E-state index in [1.165, 1.54) is 0 Å². The van der Waals surface area contributed by atoms with Gasteiger partial charge in [0.25, 0.3) is 0 Å². The highest BCUT2D eigenvalue weighted by Crippen LogP contribution is 2.36. The fourth-order valence-electron chi connectivity index (χ4n) is 1.85. The average molecular weight is 202 g/mol. The molecule has 1 aliphatic carbocycles. The minimum atomic E-state index is 0.102. The predicted octanol–water partition coefficient (Wildman–Crippen LogP) is 1.15. The van der Waals surface area contributed by atoms with Gasteiger partial charge in [-0.1, -0.05) is 11.3 Å². The molecule has 2 aromatic heterocycles. The summed E-state index contributed by atoms with van der Waals surface area (Å²) >= 11 is 0. The highest BCUT2D eigenvalue weighted by molar-refractivity contribution is 5.50. The summed E-state index contributed by atoms with van der Waals surface area (Å²) < 4.78 is 1.81. The Kier molecular flexibility index (Phi) is 1.79. The molecule has 2 N–H and O–H groups in total. The fourth-order valence-corrected chi connectivity index (χ4v) is 1.85. The van der Waals surface area contributed by atoms with Gasteiger partial charge in [-0.3, -0.25) is 0 Å². The monoisotopic (exact) mass is 202 g/mol. The van der Waals surface area contributed by atoms with Crippen molar-refractivity contribution in [3.05, 3.63) is 30.1 Å². The van der Waals surface area contributed by atoms with Gasteiger partial charge in [-0.15, -0.1) is 5.10 Å². The van der Waals surface area contributed by atoms with E-state index >= 15 is 0 Å². The lowest BCUT2D eigenvalue weighted by atomic mass is 10.1. The van der Waals surface area contributed by atoms with E-state index in [0.29, 0.717) is 0 Å². The summed E-state index contributed by atoms with van der Waals surface area (Å²) in [5, 5.41) is 8.25. The summed E-state index contributed by atoms with van der Waals surface area (Å²) in [6, 6.07) is 6.01. The van der Waals surface area contributed by atoms with E-state index < -0.39 is 0 Å². The van der Waals surface area contributed by atoms with Gasteiger partial charge in [0.05, 0.1) is 11.2 Å². The summed E-state index contributed by atoms with van der Waals surface area (Å²) in [5.41, 5.74) is 8.32. The lowest BCUT2D eigenvalue weighted by molar-refractivity contribution is 0.603. The van der Waals surface area contributed by atoms with Gasteiger partial charge in [-0.05, 0) is 37.8 Å². The molecule has 1 saturated carbocycles. The predicted molar refractivity (Wildman–Crippen MR) is 57.5 cm³/mol. The minimum absolute atomic E-state index is 0.102. The third kappa shape index (κ3) is 1.61. The van der Waals surface area contributed by atoms with Gasteiger partial charge < -0.3 is 5.73 Å². The van der Waals surface area contributed by atoms with E-state index in [1.54, 1.807) is 0 Å². The van der Waals surface area contributed by atoms with Crippen LogP contribution in [0.3, 0.4) is 0 Å². The van der Waals surface area contributed by atoms with Crippen LogP contribution in [-0.2, 0) is 6.42 Å². The summed E-state index contributed by atoms with van der Waals surface area (Å²) in [4.78, 5) is 0. The van der Waals surface area contributed by atoms with E-state index in [2.05, 4.69) is 10.3 Å². The zero-order chi connectivity index (χ0) is 10.3. The first kappa shape index (κ1) is 8.85. The standard InChI is InChI=1S/C11H14N4/c12-11(6-7-11)5-4-9-10-3-1-2-8-15(10)14-13-9/h1-3,8H,4-7,12H2. The van der Waals surface area contributed by atoms with Crippen LogP contribution in [0.4, 0.5) is 0 Å². The number of nitrogens with two attached hydrogens (primary N) is 1. The number of fused-ring (bicyclic) bond motifs is 1. The maximum Gasteiger partial charge on any atom is 0.0905 e. The zero-order valence-corrected chi connectivity index (χ0v) is 8.56. The molecule has 0 saturated heterocycles. The van der Waals surface area contributed by atoms with Crippen LogP contribution in [0.2, 0.25) is 0 Å². The topological polar surface area (TPSA) is 56.2 Å². The molecule has 2 heterocycles. The molecule has 0 aliphatic heterocycles. The van der Waals surface area contributed by atoms with E-state index in [4.69, 9.17) is 5.73 Å². The first-order valence-corrected chi connectivity index (χ1v) is 5.35. The third-order valence-corrected chi connectivity index (χ3v) is 3.15. The van der Waals surface area contributed by atoms with Gasteiger partial charge in [0.15, 0.2) is 0 Å². The number of rotatable bonds is 3. The molecule has 0 spiro atoms. The molecule has 0 unspecified atom stereocenters. The van der Waals surface area contributed by atoms with Crippen LogP contribution in [0.15, 0.2) is 24.4 Å². The van der Waals surface area contributed by atoms with E-state index in [0.717, 1.165) is 36.9 Å². The number of aryl methyl sites for hydroxylation is 1. The van der Waals surface area contributed by atoms with E-state index in [1.807, 2.05) is 28.9 Å². The fraction of sp³-hybridized carbons (Fsp3) is 0.455. The van der Waals surface area contributed by atoms with Crippen molar-refractivity contribution in [3.8, 4) is 0 Å². The molecule has 0 radical (unpaired) electrons. The van der Waals surface area contributed by atoms with Crippen molar-refractivity contribution < 1.29 is 0 Å². The van der Waals surface area contributed by atoms with E-state index in [-0.39, 0.29) is 5.54 Å². The van der Waals surface area contributed by atoms with Gasteiger partial charge in [0.1, 0.15) is 0 Å². The maximum absolute atomic E-state index is 6.05. The Morgan fingerprint density at radius 1 is 1.40 bits per heavy atom. The van der Waals surface area contributed by atoms with Crippen LogP contribution >= 0.6 is 0 Å². The molecule has 0 bridgehead atoms. The van der Waals surface area contributed by atoms with Gasteiger partial charge in [0.2, 0.25) is 0 Å². The van der Waals surface area contributed by atoms with Gasteiger partial charge in [0, 0.05) is 11.7 Å². The molecule has 1 fully saturated rings. The maximum atomic E-state index is 6.05. The van der Waals surface area contributed by atoms with Gasteiger partial charge in [-0.25, -0.2) is 4.52 Å². The Balaban J connectivity index is 1.84. The molecule has 0 atom stereocenters. The molecule has 4 nitrogen and oxygen atoms in total. The van der Waals surface area contributed by atoms with Crippen LogP contribution in [0.1, 0.15) is 25.0 Å². The Hall–Kier alpha value is -1.42. The summed E-state index contributed by atoms with van der Waals surface area (Å²) in [7, 11) is 0. The number of hydrogen-bond donors (Lipinski definition) is 1. The first-order chi connectivity index (χ1) is 7.27. The Morgan fingerprint density at radius 2 is 2.27 bits per heavy atom. The smallest absolute Gasteiger partial charge is 0.0905 e. The van der Waals surface area contributed by atoms with Crippen molar-refractivity contribution in [1.82, 2.24) is 14.8 Å². The molecular weight excluding hydrogens is 188 g/mol. The van der Waals surface area contributed by atoms with Crippen molar-refractivity contribution in [3.63, 3.8) is 0 Å². The van der Waals surface area contributed by atoms with Crippen LogP contribution in [0.25, 0.3) is 5.52 Å². The molecule has 4 heteroatoms. The number of aromatic nitrogens is 3. The quantitative estimate of drug-likeness (QED) is 0.812. The molecule has 0 aromatic carbocycles. The Bertz CT molecular complexity index is 484. The minimum Gasteiger partial charge on any atom is -0.325 e. The van der Waals surface area contributed by atoms with Crippen molar-refractivity contribution >= 4 is 5.52 Å². The SMILES string of the molecule is NC1(CCc2nnn3ccccc23)CC1. The second-order valence-electron chi connectivity index (χ2n) is 4.43. The van der Waals surface area contributed by atoms with Crippen molar-refractivity contribution in [2.24, 2.45) is 5.73 Å². The van der Waals surface area contributed by atoms with Crippen LogP contribution in [0.5, 0.6) is 0 Å². The largest absolute Gasteiger partial charge is 0.325 e. The van der Waals surface area contributed by atoms with Crippen molar-refractivity contribution in [2.45, 2.75) is 31.2 Å². The molecule has 15 heavy (non-hydrogen) atoms. The molecule has 3 rings (SSSR count). The molecule has 0 amide bonds. The van der Waals surface area contributed by atoms with Crippen LogP contribution < -0.4 is 5.73 Å². The molecule has 2 aromatic rings. The molecular formula is C11H14N4. The second-order valence-corrected chi connectivity index (χ2v) is 4.43. The number of pyridine rings is 1. The normalized spacial score (nSPS) is 18.2. The van der Waals surface area contributed by atoms with Crippen LogP contribution in [-0.4, -0.2) is 20.4 Å². The zero-order valence-electron chi connectivity index (χ0n) is 8.56. The van der Waals surface area contributed by atoms with Crippen molar-refractivity contribution in [2.75, 3.05) is 0 Å². The average Bonchev–Trinajstić information content (AvgIpc) is 2.86. The first-order valence-electron chi connectivity index (χ1n) is 5.35. The van der Waals surface area contributed by atoms with Gasteiger partial charge >= 0.3 is 0 Å². The summed E-state index contributed by atoms with van der Waals surface area (Å²) in [5.74, 6) is 0. The lowest BCUT2D eigenvalue weighted by Gasteiger charge is -2.05. The third-order valence-electron chi connectivity index (χ3n) is 3.15. The highest BCUT2D eigenvalue weighted by atomic mass is 15.4. The molecule has 1 aliphatic rings. The Labute approximate surface area is 88.1 Å². The van der Waals surface area contributed by atoms with Crippen molar-refractivity contribution in [1.29, 1.82) is 0 Å². The lowest BCUT2D eigenvalue weighted by Crippen LogP contribution is -2.22. The van der Waals surface area contributed by atoms with E-state index in [9.17, 15) is 0 Å². The molecule has 78 valence electrons. The Morgan fingerprint density at radius 3 is 3.07 bits per heavy atom.